The van der Waals surface area contributed by atoms with Gasteiger partial charge >= 0.3 is 0 Å². The third-order valence-electron chi connectivity index (χ3n) is 5.57. The lowest BCUT2D eigenvalue weighted by molar-refractivity contribution is -0.384. The fourth-order valence-electron chi connectivity index (χ4n) is 3.77. The number of amides is 1. The van der Waals surface area contributed by atoms with Crippen molar-refractivity contribution in [3.05, 3.63) is 98.5 Å². The number of Topliss-reactive ketones (excluding diaryl/α,β-unsaturated/α-hetero) is 1. The molecule has 2 heterocycles. The third kappa shape index (κ3) is 3.45. The largest absolute Gasteiger partial charge is 0.507 e. The van der Waals surface area contributed by atoms with E-state index in [1.807, 2.05) is 19.9 Å². The predicted molar refractivity (Wildman–Crippen MR) is 117 cm³/mol. The summed E-state index contributed by atoms with van der Waals surface area (Å²) in [5.41, 5.74) is 2.05. The summed E-state index contributed by atoms with van der Waals surface area (Å²) in [6, 6.07) is 12.9. The number of benzene rings is 2. The van der Waals surface area contributed by atoms with Gasteiger partial charge in [-0.15, -0.1) is 0 Å². The molecule has 1 aliphatic heterocycles. The number of anilines is 1. The van der Waals surface area contributed by atoms with Crippen LogP contribution in [0.2, 0.25) is 0 Å². The van der Waals surface area contributed by atoms with E-state index in [0.29, 0.717) is 17.2 Å². The number of aliphatic hydroxyl groups is 1. The molecule has 0 radical (unpaired) electrons. The van der Waals surface area contributed by atoms with Crippen LogP contribution in [0.3, 0.4) is 0 Å². The molecule has 1 unspecified atom stereocenters. The minimum Gasteiger partial charge on any atom is -0.507 e. The van der Waals surface area contributed by atoms with Crippen molar-refractivity contribution in [3.63, 3.8) is 0 Å². The summed E-state index contributed by atoms with van der Waals surface area (Å²) in [5, 5.41) is 22.2. The molecule has 0 aliphatic carbocycles. The Kier molecular flexibility index (Phi) is 5.14. The Balaban J connectivity index is 1.95. The Bertz CT molecular complexity index is 1300. The maximum absolute atomic E-state index is 13.1. The standard InChI is InChI=1S/C24H20N2O6/c1-13-7-9-17(11-14(13)2)25-21(19-10-8-15(3)32-19)20(23(28)24(25)29)22(27)16-5-4-6-18(12-16)26(30)31/h4-12,21,27H,1-3H3/b22-20-. The quantitative estimate of drug-likeness (QED) is 0.209. The number of nitrogens with zero attached hydrogens (tertiary/aromatic N) is 2. The van der Waals surface area contributed by atoms with E-state index in [9.17, 15) is 24.8 Å². The smallest absolute Gasteiger partial charge is 0.300 e. The van der Waals surface area contributed by atoms with E-state index in [4.69, 9.17) is 4.42 Å². The number of aryl methyl sites for hydroxylation is 3. The maximum atomic E-state index is 13.1. The number of hydrogen-bond acceptors (Lipinski definition) is 6. The van der Waals surface area contributed by atoms with Crippen molar-refractivity contribution in [1.82, 2.24) is 0 Å². The van der Waals surface area contributed by atoms with Crippen LogP contribution in [0.15, 0.2) is 64.6 Å². The molecule has 1 aliphatic rings. The van der Waals surface area contributed by atoms with E-state index < -0.39 is 28.4 Å². The Morgan fingerprint density at radius 1 is 1.03 bits per heavy atom. The number of aliphatic hydroxyl groups excluding tert-OH is 1. The van der Waals surface area contributed by atoms with Crippen molar-refractivity contribution in [3.8, 4) is 0 Å². The Morgan fingerprint density at radius 2 is 1.78 bits per heavy atom. The molecule has 1 atom stereocenters. The second-order valence-corrected chi connectivity index (χ2v) is 7.69. The van der Waals surface area contributed by atoms with Gasteiger partial charge in [-0.2, -0.15) is 0 Å². The molecule has 32 heavy (non-hydrogen) atoms. The molecular weight excluding hydrogens is 412 g/mol. The molecule has 0 spiro atoms. The van der Waals surface area contributed by atoms with Gasteiger partial charge in [-0.3, -0.25) is 24.6 Å². The zero-order chi connectivity index (χ0) is 23.2. The topological polar surface area (TPSA) is 114 Å². The molecule has 3 aromatic rings. The number of hydrogen-bond donors (Lipinski definition) is 1. The van der Waals surface area contributed by atoms with Crippen LogP contribution >= 0.6 is 0 Å². The summed E-state index contributed by atoms with van der Waals surface area (Å²) >= 11 is 0. The molecule has 1 aromatic heterocycles. The predicted octanol–water partition coefficient (Wildman–Crippen LogP) is 4.74. The van der Waals surface area contributed by atoms with Crippen molar-refractivity contribution in [2.45, 2.75) is 26.8 Å². The van der Waals surface area contributed by atoms with E-state index >= 15 is 0 Å². The SMILES string of the molecule is Cc1ccc(C2/C(=C(/O)c3cccc([N+](=O)[O-])c3)C(=O)C(=O)N2c2ccc(C)c(C)c2)o1. The summed E-state index contributed by atoms with van der Waals surface area (Å²) in [6.45, 7) is 5.56. The van der Waals surface area contributed by atoms with Crippen molar-refractivity contribution in [2.75, 3.05) is 4.90 Å². The summed E-state index contributed by atoms with van der Waals surface area (Å²) in [6.07, 6.45) is 0. The third-order valence-corrected chi connectivity index (χ3v) is 5.57. The number of non-ortho nitro benzene ring substituents is 1. The lowest BCUT2D eigenvalue weighted by Gasteiger charge is -2.24. The van der Waals surface area contributed by atoms with E-state index in [-0.39, 0.29) is 16.8 Å². The molecule has 4 rings (SSSR count). The van der Waals surface area contributed by atoms with Gasteiger partial charge in [0, 0.05) is 23.4 Å². The van der Waals surface area contributed by atoms with Gasteiger partial charge < -0.3 is 9.52 Å². The minimum absolute atomic E-state index is 0.0607. The van der Waals surface area contributed by atoms with Crippen molar-refractivity contribution >= 4 is 28.8 Å². The van der Waals surface area contributed by atoms with Crippen LogP contribution in [0.25, 0.3) is 5.76 Å². The molecule has 1 N–H and O–H groups in total. The Labute approximate surface area is 183 Å². The number of rotatable bonds is 4. The first kappa shape index (κ1) is 21.0. The van der Waals surface area contributed by atoms with E-state index in [1.54, 1.807) is 31.2 Å². The molecule has 1 amide bonds. The number of carbonyl (C=O) groups excluding carboxylic acids is 2. The lowest BCUT2D eigenvalue weighted by atomic mass is 9.98. The molecule has 0 bridgehead atoms. The van der Waals surface area contributed by atoms with Gasteiger partial charge in [-0.25, -0.2) is 0 Å². The van der Waals surface area contributed by atoms with Gasteiger partial charge in [0.25, 0.3) is 17.4 Å². The van der Waals surface area contributed by atoms with Gasteiger partial charge in [-0.05, 0) is 56.2 Å². The fourth-order valence-corrected chi connectivity index (χ4v) is 3.77. The van der Waals surface area contributed by atoms with Gasteiger partial charge in [-0.1, -0.05) is 18.2 Å². The molecular formula is C24H20N2O6. The average Bonchev–Trinajstić information content (AvgIpc) is 3.31. The zero-order valence-corrected chi connectivity index (χ0v) is 17.7. The molecule has 0 saturated carbocycles. The van der Waals surface area contributed by atoms with Crippen molar-refractivity contribution in [2.24, 2.45) is 0 Å². The van der Waals surface area contributed by atoms with Crippen LogP contribution in [0.4, 0.5) is 11.4 Å². The Hall–Kier alpha value is -4.20. The number of carbonyl (C=O) groups is 2. The number of ketones is 1. The van der Waals surface area contributed by atoms with Crippen LogP contribution in [0.1, 0.15) is 34.3 Å². The highest BCUT2D eigenvalue weighted by Gasteiger charge is 2.48. The molecule has 162 valence electrons. The maximum Gasteiger partial charge on any atom is 0.300 e. The Morgan fingerprint density at radius 3 is 2.41 bits per heavy atom. The molecule has 1 fully saturated rings. The van der Waals surface area contributed by atoms with Crippen LogP contribution in [0.5, 0.6) is 0 Å². The minimum atomic E-state index is -1.02. The van der Waals surface area contributed by atoms with Crippen LogP contribution in [-0.4, -0.2) is 21.7 Å². The fraction of sp³-hybridized carbons (Fsp3) is 0.167. The van der Waals surface area contributed by atoms with Crippen molar-refractivity contribution in [1.29, 1.82) is 0 Å². The highest BCUT2D eigenvalue weighted by Crippen LogP contribution is 2.43. The first-order valence-electron chi connectivity index (χ1n) is 9.88. The molecule has 2 aromatic carbocycles. The van der Waals surface area contributed by atoms with E-state index in [0.717, 1.165) is 17.2 Å². The lowest BCUT2D eigenvalue weighted by Crippen LogP contribution is -2.29. The molecule has 1 saturated heterocycles. The molecule has 8 heteroatoms. The summed E-state index contributed by atoms with van der Waals surface area (Å²) in [7, 11) is 0. The first-order valence-corrected chi connectivity index (χ1v) is 9.88. The summed E-state index contributed by atoms with van der Waals surface area (Å²) in [5.74, 6) is -1.35. The number of nitro groups is 1. The number of nitro benzene ring substituents is 1. The first-order chi connectivity index (χ1) is 15.2. The van der Waals surface area contributed by atoms with Crippen molar-refractivity contribution < 1.29 is 24.0 Å². The van der Waals surface area contributed by atoms with E-state index in [1.165, 1.54) is 23.1 Å². The second kappa shape index (κ2) is 7.81. The number of furan rings is 1. The highest BCUT2D eigenvalue weighted by molar-refractivity contribution is 6.51. The van der Waals surface area contributed by atoms with Gasteiger partial charge in [0.15, 0.2) is 0 Å². The second-order valence-electron chi connectivity index (χ2n) is 7.69. The average molecular weight is 432 g/mol. The highest BCUT2D eigenvalue weighted by atomic mass is 16.6. The van der Waals surface area contributed by atoms with Crippen LogP contribution in [0, 0.1) is 30.9 Å². The summed E-state index contributed by atoms with van der Waals surface area (Å²) < 4.78 is 5.75. The van der Waals surface area contributed by atoms with Gasteiger partial charge in [0.1, 0.15) is 23.3 Å². The normalized spacial score (nSPS) is 17.7. The monoisotopic (exact) mass is 432 g/mol. The van der Waals surface area contributed by atoms with Gasteiger partial charge in [0.05, 0.1) is 10.5 Å². The van der Waals surface area contributed by atoms with Crippen LogP contribution in [-0.2, 0) is 9.59 Å². The van der Waals surface area contributed by atoms with E-state index in [2.05, 4.69) is 0 Å². The molecule has 8 nitrogen and oxygen atoms in total. The zero-order valence-electron chi connectivity index (χ0n) is 17.7. The van der Waals surface area contributed by atoms with Crippen LogP contribution < -0.4 is 4.90 Å². The summed E-state index contributed by atoms with van der Waals surface area (Å²) in [4.78, 5) is 38.0. The van der Waals surface area contributed by atoms with Gasteiger partial charge in [0.2, 0.25) is 0 Å².